The molecule has 5 heteroatoms. The molecule has 94 valence electrons. The molecular weight excluding hydrogens is 270 g/mol. The van der Waals surface area contributed by atoms with E-state index in [9.17, 15) is 8.42 Å². The molecule has 0 aliphatic heterocycles. The Morgan fingerprint density at radius 1 is 1.06 bits per heavy atom. The Morgan fingerprint density at radius 3 is 2.33 bits per heavy atom. The van der Waals surface area contributed by atoms with Gasteiger partial charge in [-0.05, 0) is 35.9 Å². The maximum atomic E-state index is 12.2. The van der Waals surface area contributed by atoms with Gasteiger partial charge in [-0.3, -0.25) is 0 Å². The van der Waals surface area contributed by atoms with Crippen LogP contribution in [0.25, 0.3) is 0 Å². The number of nitrogens with two attached hydrogens (primary N) is 1. The molecule has 0 saturated heterocycles. The Hall–Kier alpha value is -1.52. The van der Waals surface area contributed by atoms with Crippen molar-refractivity contribution >= 4 is 27.1 Å². The van der Waals surface area contributed by atoms with Crippen LogP contribution in [0, 0.1) is 0 Å². The highest BCUT2D eigenvalue weighted by Gasteiger charge is 2.15. The van der Waals surface area contributed by atoms with E-state index in [1.54, 1.807) is 42.5 Å². The molecule has 0 saturated carbocycles. The van der Waals surface area contributed by atoms with Gasteiger partial charge in [0, 0.05) is 10.7 Å². The van der Waals surface area contributed by atoms with E-state index < -0.39 is 9.84 Å². The molecule has 0 atom stereocenters. The molecule has 2 aromatic rings. The van der Waals surface area contributed by atoms with Gasteiger partial charge in [0.2, 0.25) is 0 Å². The summed E-state index contributed by atoms with van der Waals surface area (Å²) < 4.78 is 24.3. The number of hydrogen-bond acceptors (Lipinski definition) is 3. The summed E-state index contributed by atoms with van der Waals surface area (Å²) in [5, 5.41) is 0.583. The van der Waals surface area contributed by atoms with Crippen molar-refractivity contribution in [3.8, 4) is 0 Å². The average molecular weight is 282 g/mol. The molecule has 2 aromatic carbocycles. The third kappa shape index (κ3) is 3.03. The lowest BCUT2D eigenvalue weighted by molar-refractivity contribution is 0.595. The predicted octanol–water partition coefficient (Wildman–Crippen LogP) is 2.90. The standard InChI is InChI=1S/C13H12ClNO2S/c14-11-6-4-10(5-7-11)9-18(16,17)13-3-1-2-12(15)8-13/h1-8H,9,15H2. The van der Waals surface area contributed by atoms with Gasteiger partial charge >= 0.3 is 0 Å². The third-order valence-corrected chi connectivity index (χ3v) is 4.42. The van der Waals surface area contributed by atoms with Crippen molar-refractivity contribution in [1.29, 1.82) is 0 Å². The second-order valence-electron chi connectivity index (χ2n) is 3.96. The van der Waals surface area contributed by atoms with Crippen LogP contribution in [-0.2, 0) is 15.6 Å². The van der Waals surface area contributed by atoms with E-state index in [1.165, 1.54) is 6.07 Å². The van der Waals surface area contributed by atoms with Gasteiger partial charge in [0.15, 0.2) is 9.84 Å². The fourth-order valence-electron chi connectivity index (χ4n) is 1.59. The number of halogens is 1. The highest BCUT2D eigenvalue weighted by atomic mass is 35.5. The Morgan fingerprint density at radius 2 is 1.72 bits per heavy atom. The molecule has 0 aromatic heterocycles. The summed E-state index contributed by atoms with van der Waals surface area (Å²) in [5.74, 6) is -0.0619. The third-order valence-electron chi connectivity index (χ3n) is 2.49. The molecular formula is C13H12ClNO2S. The van der Waals surface area contributed by atoms with Crippen LogP contribution in [0.5, 0.6) is 0 Å². The molecule has 2 N–H and O–H groups in total. The molecule has 0 amide bonds. The molecule has 0 spiro atoms. The van der Waals surface area contributed by atoms with Crippen molar-refractivity contribution in [3.63, 3.8) is 0 Å². The lowest BCUT2D eigenvalue weighted by Crippen LogP contribution is -2.05. The molecule has 0 fully saturated rings. The van der Waals surface area contributed by atoms with Gasteiger partial charge in [-0.25, -0.2) is 8.42 Å². The van der Waals surface area contributed by atoms with E-state index in [0.717, 1.165) is 0 Å². The van der Waals surface area contributed by atoms with Crippen LogP contribution >= 0.6 is 11.6 Å². The minimum absolute atomic E-state index is 0.0619. The highest BCUT2D eigenvalue weighted by molar-refractivity contribution is 7.90. The van der Waals surface area contributed by atoms with Crippen molar-refractivity contribution < 1.29 is 8.42 Å². The van der Waals surface area contributed by atoms with Crippen LogP contribution in [-0.4, -0.2) is 8.42 Å². The zero-order chi connectivity index (χ0) is 13.2. The van der Waals surface area contributed by atoms with Crippen LogP contribution in [0.3, 0.4) is 0 Å². The fraction of sp³-hybridized carbons (Fsp3) is 0.0769. The molecule has 0 aliphatic carbocycles. The second kappa shape index (κ2) is 5.00. The summed E-state index contributed by atoms with van der Waals surface area (Å²) in [5.41, 5.74) is 6.72. The molecule has 18 heavy (non-hydrogen) atoms. The Kier molecular flexibility index (Phi) is 3.59. The van der Waals surface area contributed by atoms with Crippen molar-refractivity contribution in [2.24, 2.45) is 0 Å². The van der Waals surface area contributed by atoms with Gasteiger partial charge in [0.05, 0.1) is 10.6 Å². The molecule has 0 unspecified atom stereocenters. The summed E-state index contributed by atoms with van der Waals surface area (Å²) >= 11 is 5.75. The maximum absolute atomic E-state index is 12.2. The zero-order valence-corrected chi connectivity index (χ0v) is 11.1. The van der Waals surface area contributed by atoms with E-state index in [4.69, 9.17) is 17.3 Å². The highest BCUT2D eigenvalue weighted by Crippen LogP contribution is 2.19. The number of rotatable bonds is 3. The van der Waals surface area contributed by atoms with Crippen molar-refractivity contribution in [3.05, 3.63) is 59.1 Å². The minimum atomic E-state index is -3.37. The number of anilines is 1. The van der Waals surface area contributed by atoms with Crippen molar-refractivity contribution in [1.82, 2.24) is 0 Å². The molecule has 0 aliphatic rings. The van der Waals surface area contributed by atoms with Crippen LogP contribution < -0.4 is 5.73 Å². The Bertz CT molecular complexity index is 651. The fourth-order valence-corrected chi connectivity index (χ4v) is 3.12. The first kappa shape index (κ1) is 12.9. The first-order valence-electron chi connectivity index (χ1n) is 5.30. The lowest BCUT2D eigenvalue weighted by Gasteiger charge is -2.05. The van der Waals surface area contributed by atoms with Crippen LogP contribution in [0.2, 0.25) is 5.02 Å². The number of nitrogen functional groups attached to an aromatic ring is 1. The minimum Gasteiger partial charge on any atom is -0.399 e. The van der Waals surface area contributed by atoms with Crippen molar-refractivity contribution in [2.45, 2.75) is 10.6 Å². The first-order chi connectivity index (χ1) is 8.47. The smallest absolute Gasteiger partial charge is 0.182 e. The number of sulfone groups is 1. The van der Waals surface area contributed by atoms with E-state index in [1.807, 2.05) is 0 Å². The molecule has 0 heterocycles. The normalized spacial score (nSPS) is 11.4. The van der Waals surface area contributed by atoms with E-state index >= 15 is 0 Å². The van der Waals surface area contributed by atoms with Gasteiger partial charge in [-0.15, -0.1) is 0 Å². The zero-order valence-electron chi connectivity index (χ0n) is 9.51. The van der Waals surface area contributed by atoms with Gasteiger partial charge < -0.3 is 5.73 Å². The predicted molar refractivity (Wildman–Crippen MR) is 73.2 cm³/mol. The van der Waals surface area contributed by atoms with Gasteiger partial charge in [-0.1, -0.05) is 29.8 Å². The summed E-state index contributed by atoms with van der Waals surface area (Å²) in [6.07, 6.45) is 0. The largest absolute Gasteiger partial charge is 0.399 e. The molecule has 0 bridgehead atoms. The van der Waals surface area contributed by atoms with E-state index in [-0.39, 0.29) is 10.6 Å². The summed E-state index contributed by atoms with van der Waals surface area (Å²) in [7, 11) is -3.37. The Balaban J connectivity index is 2.30. The average Bonchev–Trinajstić information content (AvgIpc) is 2.32. The maximum Gasteiger partial charge on any atom is 0.182 e. The lowest BCUT2D eigenvalue weighted by atomic mass is 10.2. The quantitative estimate of drug-likeness (QED) is 0.880. The second-order valence-corrected chi connectivity index (χ2v) is 6.38. The number of hydrogen-bond donors (Lipinski definition) is 1. The van der Waals surface area contributed by atoms with Gasteiger partial charge in [0.25, 0.3) is 0 Å². The summed E-state index contributed by atoms with van der Waals surface area (Å²) in [6, 6.07) is 13.0. The van der Waals surface area contributed by atoms with Gasteiger partial charge in [0.1, 0.15) is 0 Å². The molecule has 2 rings (SSSR count). The molecule has 0 radical (unpaired) electrons. The summed E-state index contributed by atoms with van der Waals surface area (Å²) in [4.78, 5) is 0.234. The monoisotopic (exact) mass is 281 g/mol. The van der Waals surface area contributed by atoms with E-state index in [2.05, 4.69) is 0 Å². The van der Waals surface area contributed by atoms with E-state index in [0.29, 0.717) is 16.3 Å². The van der Waals surface area contributed by atoms with Crippen LogP contribution in [0.1, 0.15) is 5.56 Å². The van der Waals surface area contributed by atoms with Crippen molar-refractivity contribution in [2.75, 3.05) is 5.73 Å². The topological polar surface area (TPSA) is 60.2 Å². The summed E-state index contributed by atoms with van der Waals surface area (Å²) in [6.45, 7) is 0. The van der Waals surface area contributed by atoms with Crippen LogP contribution in [0.15, 0.2) is 53.4 Å². The van der Waals surface area contributed by atoms with Gasteiger partial charge in [-0.2, -0.15) is 0 Å². The number of benzene rings is 2. The Labute approximate surface area is 111 Å². The first-order valence-corrected chi connectivity index (χ1v) is 7.33. The SMILES string of the molecule is Nc1cccc(S(=O)(=O)Cc2ccc(Cl)cc2)c1. The van der Waals surface area contributed by atoms with Crippen LogP contribution in [0.4, 0.5) is 5.69 Å². The molecule has 3 nitrogen and oxygen atoms in total.